The molecule has 0 aliphatic heterocycles. The van der Waals surface area contributed by atoms with Crippen molar-refractivity contribution in [2.45, 2.75) is 51.7 Å². The van der Waals surface area contributed by atoms with E-state index in [0.29, 0.717) is 24.0 Å². The van der Waals surface area contributed by atoms with Gasteiger partial charge in [0.25, 0.3) is 0 Å². The van der Waals surface area contributed by atoms with Gasteiger partial charge in [0, 0.05) is 11.1 Å². The summed E-state index contributed by atoms with van der Waals surface area (Å²) < 4.78 is 6.06. The summed E-state index contributed by atoms with van der Waals surface area (Å²) in [5.41, 5.74) is 1.26. The number of ketones is 2. The van der Waals surface area contributed by atoms with Crippen molar-refractivity contribution >= 4 is 11.6 Å². The molecule has 0 bridgehead atoms. The highest BCUT2D eigenvalue weighted by Crippen LogP contribution is 2.18. The number of carbonyl (C=O) groups excluding carboxylic acids is 2. The lowest BCUT2D eigenvalue weighted by Gasteiger charge is -2.23. The van der Waals surface area contributed by atoms with Crippen LogP contribution in [0, 0.1) is 0 Å². The van der Waals surface area contributed by atoms with Crippen LogP contribution in [0.4, 0.5) is 0 Å². The molecule has 3 nitrogen and oxygen atoms in total. The zero-order valence-corrected chi connectivity index (χ0v) is 15.0. The number of Topliss-reactive ketones (excluding diaryl/α,β-unsaturated/α-hetero) is 2. The van der Waals surface area contributed by atoms with Crippen LogP contribution >= 0.6 is 0 Å². The molecule has 2 unspecified atom stereocenters. The van der Waals surface area contributed by atoms with Gasteiger partial charge < -0.3 is 4.74 Å². The molecule has 0 aliphatic carbocycles. The quantitative estimate of drug-likeness (QED) is 0.566. The number of hydrogen-bond donors (Lipinski definition) is 0. The molecular formula is C22H26O3. The van der Waals surface area contributed by atoms with E-state index in [0.717, 1.165) is 12.8 Å². The van der Waals surface area contributed by atoms with Gasteiger partial charge in [0.1, 0.15) is 12.2 Å². The van der Waals surface area contributed by atoms with Crippen LogP contribution in [0.1, 0.15) is 60.2 Å². The average molecular weight is 338 g/mol. The molecule has 25 heavy (non-hydrogen) atoms. The molecule has 2 atom stereocenters. The fourth-order valence-electron chi connectivity index (χ4n) is 2.82. The molecule has 0 spiro atoms. The molecule has 2 rings (SSSR count). The fraction of sp³-hybridized carbons (Fsp3) is 0.364. The van der Waals surface area contributed by atoms with E-state index in [1.165, 1.54) is 0 Å². The highest BCUT2D eigenvalue weighted by Gasteiger charge is 2.28. The Labute approximate surface area is 150 Å². The van der Waals surface area contributed by atoms with Gasteiger partial charge >= 0.3 is 0 Å². The molecule has 0 radical (unpaired) electrons. The normalized spacial score (nSPS) is 13.2. The number of carbonyl (C=O) groups is 2. The molecule has 0 fully saturated rings. The summed E-state index contributed by atoms with van der Waals surface area (Å²) in [4.78, 5) is 25.6. The molecule has 0 saturated carbocycles. The van der Waals surface area contributed by atoms with Crippen molar-refractivity contribution in [1.82, 2.24) is 0 Å². The van der Waals surface area contributed by atoms with Crippen LogP contribution in [-0.2, 0) is 4.74 Å². The van der Waals surface area contributed by atoms with E-state index in [1.54, 1.807) is 24.3 Å². The summed E-state index contributed by atoms with van der Waals surface area (Å²) in [6.45, 7) is 4.03. The third kappa shape index (κ3) is 5.36. The predicted molar refractivity (Wildman–Crippen MR) is 100 cm³/mol. The zero-order chi connectivity index (χ0) is 18.1. The van der Waals surface area contributed by atoms with Crippen molar-refractivity contribution in [3.05, 3.63) is 71.8 Å². The van der Waals surface area contributed by atoms with E-state index in [2.05, 4.69) is 0 Å². The van der Waals surface area contributed by atoms with Crippen molar-refractivity contribution in [1.29, 1.82) is 0 Å². The summed E-state index contributed by atoms with van der Waals surface area (Å²) in [6.07, 6.45) is 1.68. The van der Waals surface area contributed by atoms with Crippen molar-refractivity contribution in [3.63, 3.8) is 0 Å². The minimum absolute atomic E-state index is 0.0515. The van der Waals surface area contributed by atoms with E-state index in [-0.39, 0.29) is 11.6 Å². The van der Waals surface area contributed by atoms with E-state index in [4.69, 9.17) is 4.74 Å². The molecule has 0 amide bonds. The summed E-state index contributed by atoms with van der Waals surface area (Å²) >= 11 is 0. The van der Waals surface area contributed by atoms with Crippen LogP contribution in [0.2, 0.25) is 0 Å². The minimum Gasteiger partial charge on any atom is -0.359 e. The van der Waals surface area contributed by atoms with E-state index >= 15 is 0 Å². The summed E-state index contributed by atoms with van der Waals surface area (Å²) in [7, 11) is 0. The smallest absolute Gasteiger partial charge is 0.191 e. The third-order valence-corrected chi connectivity index (χ3v) is 4.13. The SMILES string of the molecule is CCCC(OC(CCC)C(=O)c1ccccc1)C(=O)c1ccccc1. The van der Waals surface area contributed by atoms with Gasteiger partial charge in [-0.1, -0.05) is 87.4 Å². The Morgan fingerprint density at radius 2 is 1.08 bits per heavy atom. The Balaban J connectivity index is 2.18. The van der Waals surface area contributed by atoms with Crippen molar-refractivity contribution in [3.8, 4) is 0 Å². The summed E-state index contributed by atoms with van der Waals surface area (Å²) in [5.74, 6) is -0.103. The van der Waals surface area contributed by atoms with Crippen LogP contribution < -0.4 is 0 Å². The first-order valence-corrected chi connectivity index (χ1v) is 9.01. The monoisotopic (exact) mass is 338 g/mol. The second-order valence-corrected chi connectivity index (χ2v) is 6.15. The second kappa shape index (κ2) is 9.90. The van der Waals surface area contributed by atoms with Crippen LogP contribution in [-0.4, -0.2) is 23.8 Å². The maximum atomic E-state index is 12.8. The van der Waals surface area contributed by atoms with Gasteiger partial charge in [0.05, 0.1) is 0 Å². The molecule has 0 heterocycles. The van der Waals surface area contributed by atoms with Gasteiger partial charge in [-0.25, -0.2) is 0 Å². The maximum absolute atomic E-state index is 12.8. The van der Waals surface area contributed by atoms with Crippen molar-refractivity contribution < 1.29 is 14.3 Å². The molecule has 0 N–H and O–H groups in total. The third-order valence-electron chi connectivity index (χ3n) is 4.13. The molecule has 0 aromatic heterocycles. The Morgan fingerprint density at radius 1 is 0.720 bits per heavy atom. The summed E-state index contributed by atoms with van der Waals surface area (Å²) in [5, 5.41) is 0. The fourth-order valence-corrected chi connectivity index (χ4v) is 2.82. The highest BCUT2D eigenvalue weighted by molar-refractivity contribution is 6.01. The Hall–Kier alpha value is -2.26. The molecular weight excluding hydrogens is 312 g/mol. The minimum atomic E-state index is -0.586. The lowest BCUT2D eigenvalue weighted by Crippen LogP contribution is -2.34. The standard InChI is InChI=1S/C22H26O3/c1-3-11-19(21(23)17-13-7-5-8-14-17)25-20(12-4-2)22(24)18-15-9-6-10-16-18/h5-10,13-16,19-20H,3-4,11-12H2,1-2H3. The molecule has 3 heteroatoms. The average Bonchev–Trinajstić information content (AvgIpc) is 2.67. The molecule has 2 aromatic rings. The van der Waals surface area contributed by atoms with Crippen LogP contribution in [0.25, 0.3) is 0 Å². The van der Waals surface area contributed by atoms with Crippen LogP contribution in [0.15, 0.2) is 60.7 Å². The highest BCUT2D eigenvalue weighted by atomic mass is 16.5. The van der Waals surface area contributed by atoms with Gasteiger partial charge in [-0.3, -0.25) is 9.59 Å². The molecule has 2 aromatic carbocycles. The zero-order valence-electron chi connectivity index (χ0n) is 15.0. The van der Waals surface area contributed by atoms with E-state index < -0.39 is 12.2 Å². The van der Waals surface area contributed by atoms with Gasteiger partial charge in [0.15, 0.2) is 11.6 Å². The van der Waals surface area contributed by atoms with Gasteiger partial charge in [-0.05, 0) is 12.8 Å². The first kappa shape index (κ1) is 19.1. The molecule has 0 saturated heterocycles. The van der Waals surface area contributed by atoms with E-state index in [1.807, 2.05) is 50.2 Å². The second-order valence-electron chi connectivity index (χ2n) is 6.15. The Kier molecular flexibility index (Phi) is 7.55. The van der Waals surface area contributed by atoms with Crippen molar-refractivity contribution in [2.75, 3.05) is 0 Å². The number of benzene rings is 2. The molecule has 0 aliphatic rings. The maximum Gasteiger partial charge on any atom is 0.191 e. The Morgan fingerprint density at radius 3 is 1.40 bits per heavy atom. The topological polar surface area (TPSA) is 43.4 Å². The summed E-state index contributed by atoms with van der Waals surface area (Å²) in [6, 6.07) is 18.3. The first-order chi connectivity index (χ1) is 12.2. The number of ether oxygens (including phenoxy) is 1. The van der Waals surface area contributed by atoms with E-state index in [9.17, 15) is 9.59 Å². The first-order valence-electron chi connectivity index (χ1n) is 9.01. The van der Waals surface area contributed by atoms with Gasteiger partial charge in [-0.2, -0.15) is 0 Å². The molecule has 132 valence electrons. The lowest BCUT2D eigenvalue weighted by molar-refractivity contribution is -0.00304. The lowest BCUT2D eigenvalue weighted by atomic mass is 10.00. The van der Waals surface area contributed by atoms with Crippen LogP contribution in [0.5, 0.6) is 0 Å². The van der Waals surface area contributed by atoms with Crippen molar-refractivity contribution in [2.24, 2.45) is 0 Å². The predicted octanol–water partition coefficient (Wildman–Crippen LogP) is 5.11. The Bertz CT molecular complexity index is 605. The van der Waals surface area contributed by atoms with Gasteiger partial charge in [-0.15, -0.1) is 0 Å². The number of hydrogen-bond acceptors (Lipinski definition) is 3. The number of rotatable bonds is 10. The largest absolute Gasteiger partial charge is 0.359 e. The van der Waals surface area contributed by atoms with Crippen LogP contribution in [0.3, 0.4) is 0 Å². The van der Waals surface area contributed by atoms with Gasteiger partial charge in [0.2, 0.25) is 0 Å².